The maximum atomic E-state index is 13.6. The average Bonchev–Trinajstić information content (AvgIpc) is 3.27. The molecule has 0 spiro atoms. The van der Waals surface area contributed by atoms with Crippen molar-refractivity contribution in [1.82, 2.24) is 20.2 Å². The second-order valence-corrected chi connectivity index (χ2v) is 7.01. The molecule has 1 N–H and O–H groups in total. The van der Waals surface area contributed by atoms with Gasteiger partial charge < -0.3 is 9.84 Å². The first-order valence-electron chi connectivity index (χ1n) is 9.55. The maximum Gasteiger partial charge on any atom is 0.309 e. The van der Waals surface area contributed by atoms with E-state index in [1.54, 1.807) is 36.4 Å². The van der Waals surface area contributed by atoms with Crippen LogP contribution in [0.25, 0.3) is 11.3 Å². The van der Waals surface area contributed by atoms with Crippen molar-refractivity contribution in [2.24, 2.45) is 0 Å². The van der Waals surface area contributed by atoms with Gasteiger partial charge in [-0.25, -0.2) is 8.78 Å². The van der Waals surface area contributed by atoms with Gasteiger partial charge in [0.2, 0.25) is 0 Å². The van der Waals surface area contributed by atoms with Gasteiger partial charge in [-0.05, 0) is 58.0 Å². The van der Waals surface area contributed by atoms with E-state index < -0.39 is 29.8 Å². The van der Waals surface area contributed by atoms with Crippen LogP contribution < -0.4 is 0 Å². The summed E-state index contributed by atoms with van der Waals surface area (Å²) in [4.78, 5) is 11.7. The fourth-order valence-corrected chi connectivity index (χ4v) is 3.37. The molecule has 158 valence electrons. The Bertz CT molecular complexity index is 1060. The number of tetrazole rings is 1. The van der Waals surface area contributed by atoms with E-state index in [2.05, 4.69) is 15.5 Å². The Morgan fingerprint density at radius 2 is 1.68 bits per heavy atom. The lowest BCUT2D eigenvalue weighted by Gasteiger charge is -2.23. The van der Waals surface area contributed by atoms with Gasteiger partial charge in [-0.2, -0.15) is 4.68 Å². The first kappa shape index (κ1) is 20.5. The summed E-state index contributed by atoms with van der Waals surface area (Å²) in [6.07, 6.45) is 3.47. The average molecular weight is 424 g/mol. The summed E-state index contributed by atoms with van der Waals surface area (Å²) in [5.41, 5.74) is 2.37. The molecule has 0 radical (unpaired) electrons. The van der Waals surface area contributed by atoms with Crippen molar-refractivity contribution < 1.29 is 23.4 Å². The minimum Gasteiger partial charge on any atom is -0.458 e. The van der Waals surface area contributed by atoms with Crippen LogP contribution in [0.15, 0.2) is 67.0 Å². The fourth-order valence-electron chi connectivity index (χ4n) is 3.37. The highest BCUT2D eigenvalue weighted by molar-refractivity contribution is 5.96. The van der Waals surface area contributed by atoms with Crippen molar-refractivity contribution in [1.29, 1.82) is 0 Å². The zero-order valence-corrected chi connectivity index (χ0v) is 16.2. The molecule has 4 rings (SSSR count). The van der Waals surface area contributed by atoms with Crippen LogP contribution in [-0.4, -0.2) is 43.5 Å². The third kappa shape index (κ3) is 4.89. The zero-order valence-electron chi connectivity index (χ0n) is 16.2. The number of allylic oxidation sites excluding steroid dienone is 2. The second kappa shape index (κ2) is 8.97. The number of benzene rings is 2. The standard InChI is InChI=1S/C22H18F2N4O3/c23-16-5-1-14(2-6-16)22(15-3-7-17(24)8-4-15)20(28-13-25-26-27-28)10-9-19-11-18(29)12-21(30)31-19/h1-10,13,18-19,29H,11-12H2. The molecule has 0 amide bonds. The normalized spacial score (nSPS) is 18.7. The number of carbonyl (C=O) groups excluding carboxylic acids is 1. The van der Waals surface area contributed by atoms with Gasteiger partial charge in [0, 0.05) is 12.0 Å². The van der Waals surface area contributed by atoms with E-state index in [1.807, 2.05) is 0 Å². The lowest BCUT2D eigenvalue weighted by molar-refractivity contribution is -0.156. The van der Waals surface area contributed by atoms with Gasteiger partial charge in [-0.1, -0.05) is 24.3 Å². The van der Waals surface area contributed by atoms with Crippen molar-refractivity contribution in [2.45, 2.75) is 25.0 Å². The molecular weight excluding hydrogens is 406 g/mol. The Kier molecular flexibility index (Phi) is 5.94. The van der Waals surface area contributed by atoms with E-state index in [0.717, 1.165) is 0 Å². The van der Waals surface area contributed by atoms with E-state index in [1.165, 1.54) is 35.3 Å². The number of cyclic esters (lactones) is 1. The third-order valence-corrected chi connectivity index (χ3v) is 4.78. The molecule has 2 aromatic carbocycles. The van der Waals surface area contributed by atoms with Crippen molar-refractivity contribution in [3.05, 3.63) is 89.8 Å². The van der Waals surface area contributed by atoms with Gasteiger partial charge in [-0.15, -0.1) is 5.10 Å². The van der Waals surface area contributed by atoms with Crippen LogP contribution in [0.4, 0.5) is 8.78 Å². The van der Waals surface area contributed by atoms with Crippen LogP contribution in [-0.2, 0) is 9.53 Å². The Morgan fingerprint density at radius 1 is 1.06 bits per heavy atom. The highest BCUT2D eigenvalue weighted by Crippen LogP contribution is 2.30. The Balaban J connectivity index is 1.86. The monoisotopic (exact) mass is 424 g/mol. The largest absolute Gasteiger partial charge is 0.458 e. The van der Waals surface area contributed by atoms with Gasteiger partial charge in [-0.3, -0.25) is 4.79 Å². The van der Waals surface area contributed by atoms with E-state index in [9.17, 15) is 18.7 Å². The Labute approximate surface area is 176 Å². The Morgan fingerprint density at radius 3 is 2.19 bits per heavy atom. The smallest absolute Gasteiger partial charge is 0.309 e. The first-order valence-corrected chi connectivity index (χ1v) is 9.55. The Hall–Kier alpha value is -3.72. The fraction of sp³-hybridized carbons (Fsp3) is 0.182. The summed E-state index contributed by atoms with van der Waals surface area (Å²) in [5, 5.41) is 21.2. The lowest BCUT2D eigenvalue weighted by atomic mass is 9.95. The van der Waals surface area contributed by atoms with E-state index in [0.29, 0.717) is 22.4 Å². The molecule has 1 saturated heterocycles. The van der Waals surface area contributed by atoms with Crippen LogP contribution in [0.2, 0.25) is 0 Å². The summed E-state index contributed by atoms with van der Waals surface area (Å²) in [6, 6.07) is 11.6. The highest BCUT2D eigenvalue weighted by atomic mass is 19.1. The molecule has 31 heavy (non-hydrogen) atoms. The molecule has 1 aromatic heterocycles. The molecule has 1 fully saturated rings. The molecule has 3 aromatic rings. The summed E-state index contributed by atoms with van der Waals surface area (Å²) >= 11 is 0. The number of halogens is 2. The zero-order chi connectivity index (χ0) is 21.8. The molecule has 2 atom stereocenters. The molecule has 0 bridgehead atoms. The van der Waals surface area contributed by atoms with Gasteiger partial charge in [0.25, 0.3) is 0 Å². The molecular formula is C22H18F2N4O3. The maximum absolute atomic E-state index is 13.6. The lowest BCUT2D eigenvalue weighted by Crippen LogP contribution is -2.31. The topological polar surface area (TPSA) is 90.1 Å². The van der Waals surface area contributed by atoms with Gasteiger partial charge in [0.05, 0.1) is 18.2 Å². The van der Waals surface area contributed by atoms with Crippen molar-refractivity contribution >= 4 is 17.2 Å². The predicted molar refractivity (Wildman–Crippen MR) is 107 cm³/mol. The highest BCUT2D eigenvalue weighted by Gasteiger charge is 2.25. The van der Waals surface area contributed by atoms with Gasteiger partial charge in [0.1, 0.15) is 24.1 Å². The number of ether oxygens (including phenoxy) is 1. The second-order valence-electron chi connectivity index (χ2n) is 7.01. The summed E-state index contributed by atoms with van der Waals surface area (Å²) in [7, 11) is 0. The van der Waals surface area contributed by atoms with E-state index in [4.69, 9.17) is 4.74 Å². The van der Waals surface area contributed by atoms with Crippen LogP contribution in [0.1, 0.15) is 24.0 Å². The number of aliphatic hydroxyl groups is 1. The molecule has 0 saturated carbocycles. The quantitative estimate of drug-likeness (QED) is 0.500. The molecule has 1 aliphatic rings. The minimum atomic E-state index is -0.787. The molecule has 7 nitrogen and oxygen atoms in total. The molecule has 2 heterocycles. The number of carbonyl (C=O) groups is 1. The first-order chi connectivity index (χ1) is 15.0. The summed E-state index contributed by atoms with van der Waals surface area (Å²) in [5.74, 6) is -1.28. The minimum absolute atomic E-state index is 0.0452. The molecule has 2 unspecified atom stereocenters. The number of hydrogen-bond acceptors (Lipinski definition) is 6. The third-order valence-electron chi connectivity index (χ3n) is 4.78. The van der Waals surface area contributed by atoms with E-state index in [-0.39, 0.29) is 12.8 Å². The van der Waals surface area contributed by atoms with Crippen LogP contribution >= 0.6 is 0 Å². The van der Waals surface area contributed by atoms with Crippen LogP contribution in [0.3, 0.4) is 0 Å². The number of hydrogen-bond donors (Lipinski definition) is 1. The predicted octanol–water partition coefficient (Wildman–Crippen LogP) is 2.99. The van der Waals surface area contributed by atoms with Crippen molar-refractivity contribution in [3.63, 3.8) is 0 Å². The number of esters is 1. The molecule has 1 aliphatic heterocycles. The van der Waals surface area contributed by atoms with Gasteiger partial charge in [0.15, 0.2) is 0 Å². The number of aromatic nitrogens is 4. The van der Waals surface area contributed by atoms with Crippen LogP contribution in [0, 0.1) is 11.6 Å². The van der Waals surface area contributed by atoms with E-state index >= 15 is 0 Å². The van der Waals surface area contributed by atoms with Gasteiger partial charge >= 0.3 is 5.97 Å². The number of aliphatic hydroxyl groups excluding tert-OH is 1. The summed E-state index contributed by atoms with van der Waals surface area (Å²) in [6.45, 7) is 0. The molecule has 0 aliphatic carbocycles. The summed E-state index contributed by atoms with van der Waals surface area (Å²) < 4.78 is 33.8. The SMILES string of the molecule is O=C1CC(O)CC(C=CC(=C(c2ccc(F)cc2)c2ccc(F)cc2)n2cnnn2)O1. The molecule has 9 heteroatoms. The van der Waals surface area contributed by atoms with Crippen LogP contribution in [0.5, 0.6) is 0 Å². The van der Waals surface area contributed by atoms with Crippen molar-refractivity contribution in [2.75, 3.05) is 0 Å². The number of rotatable bonds is 5. The van der Waals surface area contributed by atoms with Crippen molar-refractivity contribution in [3.8, 4) is 0 Å². The number of nitrogens with zero attached hydrogens (tertiary/aromatic N) is 4.